The van der Waals surface area contributed by atoms with Gasteiger partial charge in [0.05, 0.1) is 12.2 Å². The predicted molar refractivity (Wildman–Crippen MR) is 58.9 cm³/mol. The van der Waals surface area contributed by atoms with Gasteiger partial charge in [-0.25, -0.2) is 4.79 Å². The molecule has 1 rings (SSSR count). The summed E-state index contributed by atoms with van der Waals surface area (Å²) in [7, 11) is 0. The lowest BCUT2D eigenvalue weighted by atomic mass is 9.83. The number of carbonyl (C=O) groups excluding carboxylic acids is 2. The van der Waals surface area contributed by atoms with Crippen LogP contribution in [0.4, 0.5) is 0 Å². The molecule has 0 saturated heterocycles. The molecule has 90 valence electrons. The van der Waals surface area contributed by atoms with E-state index in [-0.39, 0.29) is 24.1 Å². The molecule has 0 radical (unpaired) electrons. The molecular weight excluding hydrogens is 208 g/mol. The number of ketones is 1. The van der Waals surface area contributed by atoms with Crippen molar-refractivity contribution in [3.8, 4) is 0 Å². The van der Waals surface area contributed by atoms with Gasteiger partial charge in [0.15, 0.2) is 0 Å². The predicted octanol–water partition coefficient (Wildman–Crippen LogP) is 2.14. The Morgan fingerprint density at radius 1 is 1.50 bits per heavy atom. The zero-order valence-corrected chi connectivity index (χ0v) is 9.78. The van der Waals surface area contributed by atoms with Gasteiger partial charge in [-0.05, 0) is 26.7 Å². The summed E-state index contributed by atoms with van der Waals surface area (Å²) in [6, 6.07) is 0. The number of hydrogen-bond donors (Lipinski definition) is 1. The molecule has 0 unspecified atom stereocenters. The molecule has 16 heavy (non-hydrogen) atoms. The molecule has 0 spiro atoms. The topological polar surface area (TPSA) is 63.6 Å². The fraction of sp³-hybridized carbons (Fsp3) is 0.667. The average Bonchev–Trinajstić information content (AvgIpc) is 2.16. The molecule has 0 amide bonds. The van der Waals surface area contributed by atoms with Crippen LogP contribution in [0, 0.1) is 5.92 Å². The van der Waals surface area contributed by atoms with Crippen LogP contribution in [0.5, 0.6) is 0 Å². The lowest BCUT2D eigenvalue weighted by Crippen LogP contribution is -2.23. The van der Waals surface area contributed by atoms with E-state index < -0.39 is 5.97 Å². The van der Waals surface area contributed by atoms with E-state index in [4.69, 9.17) is 4.74 Å². The number of esters is 1. The van der Waals surface area contributed by atoms with Gasteiger partial charge in [0.2, 0.25) is 0 Å². The lowest BCUT2D eigenvalue weighted by molar-refractivity contribution is -0.139. The van der Waals surface area contributed by atoms with Gasteiger partial charge in [-0.2, -0.15) is 0 Å². The van der Waals surface area contributed by atoms with Gasteiger partial charge in [0.25, 0.3) is 0 Å². The Hall–Kier alpha value is -1.32. The molecule has 0 saturated carbocycles. The van der Waals surface area contributed by atoms with Crippen LogP contribution in [0.3, 0.4) is 0 Å². The number of hydrogen-bond acceptors (Lipinski definition) is 4. The van der Waals surface area contributed by atoms with Gasteiger partial charge in [-0.15, -0.1) is 0 Å². The lowest BCUT2D eigenvalue weighted by Gasteiger charge is -2.23. The van der Waals surface area contributed by atoms with Crippen LogP contribution >= 0.6 is 0 Å². The normalized spacial score (nSPS) is 20.8. The first-order chi connectivity index (χ1) is 7.56. The van der Waals surface area contributed by atoms with Crippen molar-refractivity contribution < 1.29 is 19.4 Å². The van der Waals surface area contributed by atoms with Crippen LogP contribution in [-0.4, -0.2) is 23.5 Å². The molecule has 1 atom stereocenters. The maximum Gasteiger partial charge on any atom is 0.337 e. The monoisotopic (exact) mass is 226 g/mol. The Kier molecular flexibility index (Phi) is 4.52. The van der Waals surface area contributed by atoms with E-state index in [9.17, 15) is 14.7 Å². The van der Waals surface area contributed by atoms with E-state index >= 15 is 0 Å². The minimum atomic E-state index is -0.481. The second-order valence-electron chi connectivity index (χ2n) is 4.08. The van der Waals surface area contributed by atoms with Gasteiger partial charge in [0, 0.05) is 18.8 Å². The van der Waals surface area contributed by atoms with Crippen molar-refractivity contribution in [3.63, 3.8) is 0 Å². The summed E-state index contributed by atoms with van der Waals surface area (Å²) in [4.78, 5) is 22.7. The van der Waals surface area contributed by atoms with Crippen LogP contribution in [-0.2, 0) is 14.3 Å². The van der Waals surface area contributed by atoms with Crippen molar-refractivity contribution >= 4 is 11.8 Å². The van der Waals surface area contributed by atoms with E-state index in [1.165, 1.54) is 6.92 Å². The highest BCUT2D eigenvalue weighted by Gasteiger charge is 2.30. The van der Waals surface area contributed by atoms with Gasteiger partial charge >= 0.3 is 5.97 Å². The zero-order valence-electron chi connectivity index (χ0n) is 9.78. The molecule has 4 nitrogen and oxygen atoms in total. The van der Waals surface area contributed by atoms with Crippen LogP contribution in [0.25, 0.3) is 0 Å². The van der Waals surface area contributed by atoms with Gasteiger partial charge in [-0.1, -0.05) is 0 Å². The maximum absolute atomic E-state index is 11.6. The first-order valence-corrected chi connectivity index (χ1v) is 5.64. The Labute approximate surface area is 95.3 Å². The number of aliphatic hydroxyl groups is 1. The van der Waals surface area contributed by atoms with Crippen molar-refractivity contribution in [1.82, 2.24) is 0 Å². The van der Waals surface area contributed by atoms with E-state index in [0.29, 0.717) is 18.4 Å². The molecule has 0 heterocycles. The molecular formula is C12H18O4. The zero-order chi connectivity index (χ0) is 12.1. The number of carbonyl (C=O) groups is 2. The van der Waals surface area contributed by atoms with Crippen LogP contribution < -0.4 is 0 Å². The Bertz CT molecular complexity index is 317. The fourth-order valence-corrected chi connectivity index (χ4v) is 2.07. The standard InChI is InChI=1S/C12H18O4/c1-3-16-12(15)11-9(7-8(2)13)5-4-6-10(11)14/h9,14H,3-7H2,1-2H3/t9-/m1/s1. The van der Waals surface area contributed by atoms with Crippen molar-refractivity contribution in [1.29, 1.82) is 0 Å². The number of rotatable bonds is 4. The van der Waals surface area contributed by atoms with Crippen molar-refractivity contribution in [2.45, 2.75) is 39.5 Å². The smallest absolute Gasteiger partial charge is 0.337 e. The molecule has 1 aliphatic rings. The van der Waals surface area contributed by atoms with Crippen molar-refractivity contribution in [2.75, 3.05) is 6.61 Å². The second kappa shape index (κ2) is 5.68. The minimum absolute atomic E-state index is 0.0292. The molecule has 1 N–H and O–H groups in total. The quantitative estimate of drug-likeness (QED) is 0.746. The molecule has 0 aromatic carbocycles. The number of allylic oxidation sites excluding steroid dienone is 1. The van der Waals surface area contributed by atoms with Gasteiger partial charge < -0.3 is 14.6 Å². The first-order valence-electron chi connectivity index (χ1n) is 5.64. The Morgan fingerprint density at radius 2 is 2.19 bits per heavy atom. The highest BCUT2D eigenvalue weighted by atomic mass is 16.5. The SMILES string of the molecule is CCOC(=O)C1=C(O)CCC[C@@H]1CC(C)=O. The van der Waals surface area contributed by atoms with Gasteiger partial charge in [-0.3, -0.25) is 0 Å². The molecule has 1 aliphatic carbocycles. The molecule has 0 bridgehead atoms. The summed E-state index contributed by atoms with van der Waals surface area (Å²) < 4.78 is 4.90. The number of Topliss-reactive ketones (excluding diaryl/α,β-unsaturated/α-hetero) is 1. The highest BCUT2D eigenvalue weighted by molar-refractivity contribution is 5.91. The summed E-state index contributed by atoms with van der Waals surface area (Å²) in [5, 5.41) is 9.72. The Morgan fingerprint density at radius 3 is 2.75 bits per heavy atom. The summed E-state index contributed by atoms with van der Waals surface area (Å²) in [5.41, 5.74) is 0.309. The molecule has 0 aromatic heterocycles. The minimum Gasteiger partial charge on any atom is -0.512 e. The molecule has 4 heteroatoms. The molecule has 0 aliphatic heterocycles. The number of ether oxygens (including phenoxy) is 1. The summed E-state index contributed by atoms with van der Waals surface area (Å²) >= 11 is 0. The number of aliphatic hydroxyl groups excluding tert-OH is 1. The highest BCUT2D eigenvalue weighted by Crippen LogP contribution is 2.32. The summed E-state index contributed by atoms with van der Waals surface area (Å²) in [6.07, 6.45) is 2.38. The van der Waals surface area contributed by atoms with E-state index in [0.717, 1.165) is 12.8 Å². The van der Waals surface area contributed by atoms with Gasteiger partial charge in [0.1, 0.15) is 11.5 Å². The first kappa shape index (κ1) is 12.7. The van der Waals surface area contributed by atoms with Crippen LogP contribution in [0.15, 0.2) is 11.3 Å². The molecule has 0 fully saturated rings. The van der Waals surface area contributed by atoms with Crippen molar-refractivity contribution in [3.05, 3.63) is 11.3 Å². The maximum atomic E-state index is 11.6. The van der Waals surface area contributed by atoms with E-state index in [1.807, 2.05) is 0 Å². The fourth-order valence-electron chi connectivity index (χ4n) is 2.07. The third-order valence-corrected chi connectivity index (χ3v) is 2.71. The third-order valence-electron chi connectivity index (χ3n) is 2.71. The third kappa shape index (κ3) is 3.08. The summed E-state index contributed by atoms with van der Waals surface area (Å²) in [6.45, 7) is 3.50. The molecule has 0 aromatic rings. The van der Waals surface area contributed by atoms with E-state index in [2.05, 4.69) is 0 Å². The van der Waals surface area contributed by atoms with Crippen LogP contribution in [0.1, 0.15) is 39.5 Å². The summed E-state index contributed by atoms with van der Waals surface area (Å²) in [5.74, 6) is -0.534. The van der Waals surface area contributed by atoms with E-state index in [1.54, 1.807) is 6.92 Å². The van der Waals surface area contributed by atoms with Crippen molar-refractivity contribution in [2.24, 2.45) is 5.92 Å². The largest absolute Gasteiger partial charge is 0.512 e. The second-order valence-corrected chi connectivity index (χ2v) is 4.08. The van der Waals surface area contributed by atoms with Crippen LogP contribution in [0.2, 0.25) is 0 Å². The Balaban J connectivity index is 2.86. The average molecular weight is 226 g/mol.